The van der Waals surface area contributed by atoms with Crippen molar-refractivity contribution in [1.29, 1.82) is 0 Å². The normalized spacial score (nSPS) is 14.1. The molecule has 0 spiro atoms. The van der Waals surface area contributed by atoms with Gasteiger partial charge >= 0.3 is 39.5 Å². The third kappa shape index (κ3) is 70.3. The van der Waals surface area contributed by atoms with Crippen molar-refractivity contribution in [3.05, 3.63) is 0 Å². The molecule has 0 aliphatic heterocycles. The molecule has 0 rings (SSSR count). The summed E-state index contributed by atoms with van der Waals surface area (Å²) in [6.07, 6.45) is 50.2. The number of phosphoric ester groups is 2. The molecule has 0 bridgehead atoms. The summed E-state index contributed by atoms with van der Waals surface area (Å²) < 4.78 is 68.5. The van der Waals surface area contributed by atoms with E-state index < -0.39 is 97.5 Å². The largest absolute Gasteiger partial charge is 0.472 e. The highest BCUT2D eigenvalue weighted by molar-refractivity contribution is 7.47. The van der Waals surface area contributed by atoms with E-state index in [4.69, 9.17) is 37.0 Å². The summed E-state index contributed by atoms with van der Waals surface area (Å²) in [6, 6.07) is 0. The van der Waals surface area contributed by atoms with Crippen LogP contribution in [0.1, 0.15) is 383 Å². The fourth-order valence-electron chi connectivity index (χ4n) is 11.6. The lowest BCUT2D eigenvalue weighted by Crippen LogP contribution is -2.30. The smallest absolute Gasteiger partial charge is 0.462 e. The Morgan fingerprint density at radius 3 is 0.653 bits per heavy atom. The zero-order valence-corrected chi connectivity index (χ0v) is 64.1. The van der Waals surface area contributed by atoms with Crippen molar-refractivity contribution in [1.82, 2.24) is 0 Å². The molecule has 3 N–H and O–H groups in total. The van der Waals surface area contributed by atoms with Gasteiger partial charge in [0.05, 0.1) is 26.4 Å². The number of carbonyl (C=O) groups is 4. The predicted octanol–water partition coefficient (Wildman–Crippen LogP) is 22.0. The van der Waals surface area contributed by atoms with Crippen molar-refractivity contribution in [3.63, 3.8) is 0 Å². The van der Waals surface area contributed by atoms with E-state index in [1.165, 1.54) is 180 Å². The Morgan fingerprint density at radius 2 is 0.442 bits per heavy atom. The first-order valence-electron chi connectivity index (χ1n) is 39.2. The van der Waals surface area contributed by atoms with Crippen molar-refractivity contribution in [3.8, 4) is 0 Å². The Morgan fingerprint density at radius 1 is 0.263 bits per heavy atom. The zero-order chi connectivity index (χ0) is 70.3. The van der Waals surface area contributed by atoms with E-state index in [2.05, 4.69) is 55.4 Å². The van der Waals surface area contributed by atoms with Crippen molar-refractivity contribution in [2.45, 2.75) is 401 Å². The van der Waals surface area contributed by atoms with Crippen molar-refractivity contribution in [2.75, 3.05) is 39.6 Å². The van der Waals surface area contributed by atoms with Crippen LogP contribution in [0.5, 0.6) is 0 Å². The Balaban J connectivity index is 5.18. The third-order valence-electron chi connectivity index (χ3n) is 17.6. The number of hydrogen-bond acceptors (Lipinski definition) is 15. The molecular formula is C76H148O17P2. The van der Waals surface area contributed by atoms with Gasteiger partial charge in [-0.25, -0.2) is 9.13 Å². The molecule has 0 saturated heterocycles. The van der Waals surface area contributed by atoms with Crippen LogP contribution < -0.4 is 0 Å². The molecule has 5 atom stereocenters. The van der Waals surface area contributed by atoms with Gasteiger partial charge < -0.3 is 33.8 Å². The molecule has 3 unspecified atom stereocenters. The molecule has 0 heterocycles. The van der Waals surface area contributed by atoms with Gasteiger partial charge in [-0.1, -0.05) is 331 Å². The molecule has 564 valence electrons. The molecule has 0 aromatic carbocycles. The molecule has 0 radical (unpaired) electrons. The summed E-state index contributed by atoms with van der Waals surface area (Å²) in [5.41, 5.74) is 0. The lowest BCUT2D eigenvalue weighted by molar-refractivity contribution is -0.161. The van der Waals surface area contributed by atoms with Crippen LogP contribution in [0.3, 0.4) is 0 Å². The molecule has 0 aromatic heterocycles. The van der Waals surface area contributed by atoms with Crippen LogP contribution in [-0.2, 0) is 65.4 Å². The number of aliphatic hydroxyl groups is 1. The third-order valence-corrected chi connectivity index (χ3v) is 19.5. The number of esters is 4. The SMILES string of the molecule is CC(C)CCCCCCCCCCCCCCCCCC(=O)O[C@H](COC(=O)CCCCCCCCCC(C)C)COP(=O)(O)OCC(O)COP(=O)(O)OC[C@@H](COC(=O)CCCCCCCCCCCCCCCCC(C)C)OC(=O)CCCCCCCCCC(C)C. The van der Waals surface area contributed by atoms with Gasteiger partial charge in [0.2, 0.25) is 0 Å². The zero-order valence-electron chi connectivity index (χ0n) is 62.3. The molecule has 0 amide bonds. The van der Waals surface area contributed by atoms with Crippen molar-refractivity contribution < 1.29 is 80.2 Å². The van der Waals surface area contributed by atoms with E-state index in [-0.39, 0.29) is 25.7 Å². The van der Waals surface area contributed by atoms with Crippen molar-refractivity contribution >= 4 is 39.5 Å². The van der Waals surface area contributed by atoms with Crippen LogP contribution in [-0.4, -0.2) is 96.7 Å². The fourth-order valence-corrected chi connectivity index (χ4v) is 13.1. The molecule has 0 aliphatic carbocycles. The maximum Gasteiger partial charge on any atom is 0.472 e. The average Bonchev–Trinajstić information content (AvgIpc) is 1.24. The lowest BCUT2D eigenvalue weighted by Gasteiger charge is -2.21. The van der Waals surface area contributed by atoms with E-state index in [0.29, 0.717) is 37.5 Å². The number of ether oxygens (including phenoxy) is 4. The maximum absolute atomic E-state index is 13.1. The highest BCUT2D eigenvalue weighted by Gasteiger charge is 2.30. The second-order valence-corrected chi connectivity index (χ2v) is 32.2. The number of aliphatic hydroxyl groups excluding tert-OH is 1. The van der Waals surface area contributed by atoms with Gasteiger partial charge in [-0.2, -0.15) is 0 Å². The summed E-state index contributed by atoms with van der Waals surface area (Å²) in [5.74, 6) is 0.879. The second kappa shape index (κ2) is 65.4. The van der Waals surface area contributed by atoms with Crippen LogP contribution in [0, 0.1) is 23.7 Å². The Kier molecular flexibility index (Phi) is 64.0. The average molecular weight is 1400 g/mol. The predicted molar refractivity (Wildman–Crippen MR) is 386 cm³/mol. The van der Waals surface area contributed by atoms with E-state index in [9.17, 15) is 43.2 Å². The Hall–Kier alpha value is -1.94. The molecule has 0 aromatic rings. The number of unbranched alkanes of at least 4 members (excludes halogenated alkanes) is 39. The summed E-state index contributed by atoms with van der Waals surface area (Å²) in [4.78, 5) is 72.7. The Bertz CT molecular complexity index is 1870. The van der Waals surface area contributed by atoms with Gasteiger partial charge in [-0.3, -0.25) is 37.3 Å². The van der Waals surface area contributed by atoms with Crippen LogP contribution in [0.15, 0.2) is 0 Å². The van der Waals surface area contributed by atoms with Gasteiger partial charge in [0.15, 0.2) is 12.2 Å². The van der Waals surface area contributed by atoms with Gasteiger partial charge in [-0.15, -0.1) is 0 Å². The minimum atomic E-state index is -4.96. The van der Waals surface area contributed by atoms with Crippen molar-refractivity contribution in [2.24, 2.45) is 23.7 Å². The molecule has 0 aliphatic rings. The quantitative estimate of drug-likeness (QED) is 0.0222. The number of phosphoric acid groups is 2. The van der Waals surface area contributed by atoms with E-state index in [1.54, 1.807) is 0 Å². The molecule has 17 nitrogen and oxygen atoms in total. The minimum Gasteiger partial charge on any atom is -0.462 e. The highest BCUT2D eigenvalue weighted by atomic mass is 31.2. The van der Waals surface area contributed by atoms with Crippen LogP contribution in [0.2, 0.25) is 0 Å². The molecule has 19 heteroatoms. The van der Waals surface area contributed by atoms with Crippen LogP contribution in [0.25, 0.3) is 0 Å². The van der Waals surface area contributed by atoms with Crippen LogP contribution in [0.4, 0.5) is 0 Å². The molecular weight excluding hydrogens is 1250 g/mol. The van der Waals surface area contributed by atoms with E-state index in [0.717, 1.165) is 108 Å². The monoisotopic (exact) mass is 1400 g/mol. The standard InChI is InChI=1S/C76H148O17P2/c1-66(2)52-44-36-28-22-18-14-10-9-11-17-21-25-33-42-50-58-75(80)92-71(63-87-74(79)57-49-41-34-26-30-38-46-54-68(5)6)64-90-94(82,83)88-60-70(77)61-89-95(84,85)91-65-72(93-76(81)59-51-43-35-27-31-39-47-55-69(7)8)62-86-73(78)56-48-40-32-24-20-16-13-12-15-19-23-29-37-45-53-67(3)4/h66-72,77H,9-65H2,1-8H3,(H,82,83)(H,84,85)/t70?,71-,72-/m1/s1. The summed E-state index contributed by atoms with van der Waals surface area (Å²) >= 11 is 0. The summed E-state index contributed by atoms with van der Waals surface area (Å²) in [5, 5.41) is 10.6. The molecule has 0 saturated carbocycles. The first kappa shape index (κ1) is 93.1. The van der Waals surface area contributed by atoms with Gasteiger partial charge in [0.25, 0.3) is 0 Å². The maximum atomic E-state index is 13.1. The van der Waals surface area contributed by atoms with Gasteiger partial charge in [-0.05, 0) is 49.4 Å². The number of hydrogen-bond donors (Lipinski definition) is 3. The van der Waals surface area contributed by atoms with Gasteiger partial charge in [0.1, 0.15) is 19.3 Å². The Labute approximate surface area is 581 Å². The van der Waals surface area contributed by atoms with E-state index >= 15 is 0 Å². The highest BCUT2D eigenvalue weighted by Crippen LogP contribution is 2.45. The first-order valence-corrected chi connectivity index (χ1v) is 42.2. The second-order valence-electron chi connectivity index (χ2n) is 29.3. The number of carbonyl (C=O) groups excluding carboxylic acids is 4. The van der Waals surface area contributed by atoms with Crippen LogP contribution >= 0.6 is 15.6 Å². The van der Waals surface area contributed by atoms with E-state index in [1.807, 2.05) is 0 Å². The number of rotatable bonds is 73. The van der Waals surface area contributed by atoms with Gasteiger partial charge in [0, 0.05) is 25.7 Å². The summed E-state index contributed by atoms with van der Waals surface area (Å²) in [6.45, 7) is 14.1. The molecule has 0 fully saturated rings. The lowest BCUT2D eigenvalue weighted by atomic mass is 10.0. The topological polar surface area (TPSA) is 237 Å². The summed E-state index contributed by atoms with van der Waals surface area (Å²) in [7, 11) is -9.91. The first-order chi connectivity index (χ1) is 45.6. The fraction of sp³-hybridized carbons (Fsp3) is 0.947. The minimum absolute atomic E-state index is 0.103. The molecule has 95 heavy (non-hydrogen) atoms.